The summed E-state index contributed by atoms with van der Waals surface area (Å²) in [5.74, 6) is 0.254. The molecule has 16 heavy (non-hydrogen) atoms. The van der Waals surface area contributed by atoms with Gasteiger partial charge in [0.15, 0.2) is 0 Å². The van der Waals surface area contributed by atoms with Crippen molar-refractivity contribution in [1.82, 2.24) is 10.4 Å². The van der Waals surface area contributed by atoms with Crippen LogP contribution in [0.1, 0.15) is 0 Å². The number of hydrogen-bond donors (Lipinski definition) is 3. The number of hydrogen-bond acceptors (Lipinski definition) is 4. The smallest absolute Gasteiger partial charge is 0.116 e. The van der Waals surface area contributed by atoms with E-state index in [2.05, 4.69) is 15.8 Å². The fourth-order valence-corrected chi connectivity index (χ4v) is 1.50. The average molecular weight is 215 g/mol. The van der Waals surface area contributed by atoms with Gasteiger partial charge < -0.3 is 10.5 Å². The van der Waals surface area contributed by atoms with Crippen molar-refractivity contribution in [3.8, 4) is 16.9 Å². The molecule has 2 aromatic rings. The van der Waals surface area contributed by atoms with Gasteiger partial charge in [-0.3, -0.25) is 4.98 Å². The van der Waals surface area contributed by atoms with Gasteiger partial charge in [-0.15, -0.1) is 0 Å². The van der Waals surface area contributed by atoms with Crippen LogP contribution in [0.25, 0.3) is 11.1 Å². The summed E-state index contributed by atoms with van der Waals surface area (Å²) >= 11 is 0. The van der Waals surface area contributed by atoms with Crippen LogP contribution < -0.4 is 10.9 Å². The molecule has 4 nitrogen and oxygen atoms in total. The molecule has 0 amide bonds. The third kappa shape index (κ3) is 2.29. The maximum absolute atomic E-state index is 9.40. The summed E-state index contributed by atoms with van der Waals surface area (Å²) < 4.78 is 0. The molecule has 82 valence electrons. The number of anilines is 1. The molecule has 0 saturated heterocycles. The summed E-state index contributed by atoms with van der Waals surface area (Å²) in [7, 11) is 1.79. The number of aromatic hydroxyl groups is 1. The second-order valence-electron chi connectivity index (χ2n) is 3.39. The Morgan fingerprint density at radius 2 is 2.00 bits per heavy atom. The molecule has 0 radical (unpaired) electrons. The van der Waals surface area contributed by atoms with E-state index < -0.39 is 0 Å². The van der Waals surface area contributed by atoms with Gasteiger partial charge in [0.1, 0.15) is 5.75 Å². The topological polar surface area (TPSA) is 57.2 Å². The van der Waals surface area contributed by atoms with Crippen molar-refractivity contribution < 1.29 is 5.11 Å². The maximum Gasteiger partial charge on any atom is 0.116 e. The van der Waals surface area contributed by atoms with E-state index in [9.17, 15) is 5.11 Å². The molecule has 0 unspecified atom stereocenters. The van der Waals surface area contributed by atoms with Crippen molar-refractivity contribution in [2.24, 2.45) is 0 Å². The van der Waals surface area contributed by atoms with Gasteiger partial charge >= 0.3 is 0 Å². The molecule has 0 aliphatic carbocycles. The summed E-state index contributed by atoms with van der Waals surface area (Å²) in [5, 5.41) is 9.40. The fraction of sp³-hybridized carbons (Fsp3) is 0.0833. The normalized spacial score (nSPS) is 10.1. The standard InChI is InChI=1S/C12H13N3O/c1-13-15-11-5-10(7-14-8-11)9-3-2-4-12(16)6-9/h2-8,13,15-16H,1H3. The molecule has 0 bridgehead atoms. The predicted octanol–water partition coefficient (Wildman–Crippen LogP) is 2.00. The molecule has 0 fully saturated rings. The van der Waals surface area contributed by atoms with Gasteiger partial charge in [0.25, 0.3) is 0 Å². The third-order valence-corrected chi connectivity index (χ3v) is 2.19. The highest BCUT2D eigenvalue weighted by atomic mass is 16.3. The Kier molecular flexibility index (Phi) is 3.03. The number of phenolic OH excluding ortho intramolecular Hbond substituents is 1. The van der Waals surface area contributed by atoms with Crippen LogP contribution in [0.3, 0.4) is 0 Å². The maximum atomic E-state index is 9.40. The number of phenols is 1. The molecule has 1 aromatic carbocycles. The van der Waals surface area contributed by atoms with Gasteiger partial charge in [-0.2, -0.15) is 0 Å². The Morgan fingerprint density at radius 1 is 1.12 bits per heavy atom. The molecule has 0 saturated carbocycles. The lowest BCUT2D eigenvalue weighted by Gasteiger charge is -2.06. The summed E-state index contributed by atoms with van der Waals surface area (Å²) in [6.45, 7) is 0. The molecule has 1 aromatic heterocycles. The van der Waals surface area contributed by atoms with Gasteiger partial charge in [0.2, 0.25) is 0 Å². The fourth-order valence-electron chi connectivity index (χ4n) is 1.50. The average Bonchev–Trinajstić information content (AvgIpc) is 2.30. The van der Waals surface area contributed by atoms with Crippen molar-refractivity contribution in [3.05, 3.63) is 42.7 Å². The molecule has 0 aliphatic heterocycles. The van der Waals surface area contributed by atoms with Gasteiger partial charge in [-0.1, -0.05) is 12.1 Å². The van der Waals surface area contributed by atoms with Crippen LogP contribution in [0.2, 0.25) is 0 Å². The number of aromatic nitrogens is 1. The number of nitrogens with one attached hydrogen (secondary N) is 2. The minimum Gasteiger partial charge on any atom is -0.508 e. The van der Waals surface area contributed by atoms with Gasteiger partial charge in [0, 0.05) is 18.8 Å². The highest BCUT2D eigenvalue weighted by Gasteiger charge is 2.00. The van der Waals surface area contributed by atoms with Crippen molar-refractivity contribution in [2.45, 2.75) is 0 Å². The lowest BCUT2D eigenvalue weighted by atomic mass is 10.1. The van der Waals surface area contributed by atoms with E-state index in [0.29, 0.717) is 0 Å². The van der Waals surface area contributed by atoms with E-state index in [1.54, 1.807) is 31.6 Å². The first kappa shape index (κ1) is 10.4. The lowest BCUT2D eigenvalue weighted by Crippen LogP contribution is -2.14. The van der Waals surface area contributed by atoms with E-state index in [0.717, 1.165) is 16.8 Å². The lowest BCUT2D eigenvalue weighted by molar-refractivity contribution is 0.475. The first-order valence-electron chi connectivity index (χ1n) is 4.97. The van der Waals surface area contributed by atoms with Gasteiger partial charge in [0.05, 0.1) is 11.9 Å². The number of pyridine rings is 1. The minimum absolute atomic E-state index is 0.254. The molecule has 3 N–H and O–H groups in total. The molecule has 1 heterocycles. The largest absolute Gasteiger partial charge is 0.508 e. The zero-order chi connectivity index (χ0) is 11.4. The van der Waals surface area contributed by atoms with Gasteiger partial charge in [-0.25, -0.2) is 5.43 Å². The van der Waals surface area contributed by atoms with Crippen LogP contribution in [-0.2, 0) is 0 Å². The Morgan fingerprint density at radius 3 is 2.75 bits per heavy atom. The number of hydrazine groups is 1. The van der Waals surface area contributed by atoms with Crippen LogP contribution in [0.15, 0.2) is 42.7 Å². The number of rotatable bonds is 3. The van der Waals surface area contributed by atoms with Crippen LogP contribution in [0, 0.1) is 0 Å². The zero-order valence-corrected chi connectivity index (χ0v) is 8.94. The van der Waals surface area contributed by atoms with Crippen LogP contribution in [-0.4, -0.2) is 17.1 Å². The first-order valence-corrected chi connectivity index (χ1v) is 4.97. The summed E-state index contributed by atoms with van der Waals surface area (Å²) in [4.78, 5) is 4.13. The molecule has 4 heteroatoms. The Labute approximate surface area is 93.9 Å². The molecular weight excluding hydrogens is 202 g/mol. The summed E-state index contributed by atoms with van der Waals surface area (Å²) in [6, 6.07) is 9.05. The quantitative estimate of drug-likeness (QED) is 0.685. The monoisotopic (exact) mass is 215 g/mol. The minimum atomic E-state index is 0.254. The molecular formula is C12H13N3O. The highest BCUT2D eigenvalue weighted by Crippen LogP contribution is 2.24. The van der Waals surface area contributed by atoms with E-state index in [1.807, 2.05) is 18.2 Å². The van der Waals surface area contributed by atoms with E-state index in [-0.39, 0.29) is 5.75 Å². The van der Waals surface area contributed by atoms with E-state index in [1.165, 1.54) is 0 Å². The second kappa shape index (κ2) is 4.63. The Hall–Kier alpha value is -2.07. The van der Waals surface area contributed by atoms with E-state index in [4.69, 9.17) is 0 Å². The van der Waals surface area contributed by atoms with Crippen molar-refractivity contribution in [2.75, 3.05) is 12.5 Å². The number of nitrogens with zero attached hydrogens (tertiary/aromatic N) is 1. The van der Waals surface area contributed by atoms with Gasteiger partial charge in [-0.05, 0) is 23.8 Å². The van der Waals surface area contributed by atoms with Crippen molar-refractivity contribution in [1.29, 1.82) is 0 Å². The summed E-state index contributed by atoms with van der Waals surface area (Å²) in [5.41, 5.74) is 8.56. The Balaban J connectivity index is 2.36. The number of benzene rings is 1. The molecule has 0 aliphatic rings. The summed E-state index contributed by atoms with van der Waals surface area (Å²) in [6.07, 6.45) is 3.48. The molecule has 2 rings (SSSR count). The van der Waals surface area contributed by atoms with E-state index >= 15 is 0 Å². The SMILES string of the molecule is CNNc1cncc(-c2cccc(O)c2)c1. The van der Waals surface area contributed by atoms with Crippen LogP contribution >= 0.6 is 0 Å². The molecule has 0 atom stereocenters. The second-order valence-corrected chi connectivity index (χ2v) is 3.39. The predicted molar refractivity (Wildman–Crippen MR) is 64.0 cm³/mol. The third-order valence-electron chi connectivity index (χ3n) is 2.19. The first-order chi connectivity index (χ1) is 7.79. The molecule has 0 spiro atoms. The van der Waals surface area contributed by atoms with Crippen molar-refractivity contribution in [3.63, 3.8) is 0 Å². The Bertz CT molecular complexity index is 485. The van der Waals surface area contributed by atoms with Crippen LogP contribution in [0.5, 0.6) is 5.75 Å². The van der Waals surface area contributed by atoms with Crippen molar-refractivity contribution >= 4 is 5.69 Å². The van der Waals surface area contributed by atoms with Crippen LogP contribution in [0.4, 0.5) is 5.69 Å². The zero-order valence-electron chi connectivity index (χ0n) is 8.94. The highest BCUT2D eigenvalue weighted by molar-refractivity contribution is 5.67.